The standard InChI is InChI=1S/C15H21ClN2O/c1-3-17-14-7-6-12(16)8-13(14)15(19)18-9-10(2)11-4-5-11/h6-8,10-11,17H,3-5,9H2,1-2H3,(H,18,19). The van der Waals surface area contributed by atoms with Gasteiger partial charge in [-0.25, -0.2) is 0 Å². The van der Waals surface area contributed by atoms with Crippen LogP contribution < -0.4 is 10.6 Å². The first-order valence-corrected chi connectivity index (χ1v) is 7.31. The predicted molar refractivity (Wildman–Crippen MR) is 79.8 cm³/mol. The number of benzene rings is 1. The summed E-state index contributed by atoms with van der Waals surface area (Å²) in [5.41, 5.74) is 1.46. The average molecular weight is 281 g/mol. The molecule has 0 aromatic heterocycles. The van der Waals surface area contributed by atoms with Gasteiger partial charge in [-0.15, -0.1) is 0 Å². The molecule has 104 valence electrons. The SMILES string of the molecule is CCNc1ccc(Cl)cc1C(=O)NCC(C)C1CC1. The minimum atomic E-state index is -0.0500. The van der Waals surface area contributed by atoms with Gasteiger partial charge in [0, 0.05) is 23.8 Å². The Hall–Kier alpha value is -1.22. The summed E-state index contributed by atoms with van der Waals surface area (Å²) in [6.07, 6.45) is 2.60. The minimum Gasteiger partial charge on any atom is -0.385 e. The van der Waals surface area contributed by atoms with E-state index in [0.717, 1.165) is 24.7 Å². The molecule has 1 aromatic carbocycles. The minimum absolute atomic E-state index is 0.0500. The fourth-order valence-corrected chi connectivity index (χ4v) is 2.40. The average Bonchev–Trinajstić information content (AvgIpc) is 3.22. The van der Waals surface area contributed by atoms with E-state index in [1.807, 2.05) is 13.0 Å². The molecule has 4 heteroatoms. The highest BCUT2D eigenvalue weighted by molar-refractivity contribution is 6.31. The third-order valence-electron chi connectivity index (χ3n) is 3.60. The molecule has 0 radical (unpaired) electrons. The molecule has 0 saturated heterocycles. The van der Waals surface area contributed by atoms with E-state index in [1.54, 1.807) is 12.1 Å². The second-order valence-corrected chi connectivity index (χ2v) is 5.68. The highest BCUT2D eigenvalue weighted by atomic mass is 35.5. The quantitative estimate of drug-likeness (QED) is 0.837. The smallest absolute Gasteiger partial charge is 0.253 e. The van der Waals surface area contributed by atoms with Gasteiger partial charge in [0.15, 0.2) is 0 Å². The Morgan fingerprint density at radius 3 is 2.84 bits per heavy atom. The van der Waals surface area contributed by atoms with Crippen molar-refractivity contribution in [1.82, 2.24) is 5.32 Å². The number of hydrogen-bond donors (Lipinski definition) is 2. The maximum atomic E-state index is 12.2. The molecular weight excluding hydrogens is 260 g/mol. The summed E-state index contributed by atoms with van der Waals surface area (Å²) in [4.78, 5) is 12.2. The van der Waals surface area contributed by atoms with Gasteiger partial charge < -0.3 is 10.6 Å². The van der Waals surface area contributed by atoms with Crippen LogP contribution in [-0.4, -0.2) is 19.0 Å². The van der Waals surface area contributed by atoms with Crippen LogP contribution in [0, 0.1) is 11.8 Å². The van der Waals surface area contributed by atoms with Crippen molar-refractivity contribution in [3.8, 4) is 0 Å². The molecule has 1 aliphatic rings. The molecule has 1 amide bonds. The molecular formula is C15H21ClN2O. The summed E-state index contributed by atoms with van der Waals surface area (Å²) < 4.78 is 0. The zero-order valence-electron chi connectivity index (χ0n) is 11.5. The van der Waals surface area contributed by atoms with Crippen LogP contribution >= 0.6 is 11.6 Å². The third kappa shape index (κ3) is 3.87. The lowest BCUT2D eigenvalue weighted by Crippen LogP contribution is -2.29. The molecule has 1 aliphatic carbocycles. The van der Waals surface area contributed by atoms with E-state index in [-0.39, 0.29) is 5.91 Å². The summed E-state index contributed by atoms with van der Waals surface area (Å²) >= 11 is 5.98. The molecule has 0 aliphatic heterocycles. The third-order valence-corrected chi connectivity index (χ3v) is 3.84. The van der Waals surface area contributed by atoms with Gasteiger partial charge in [0.25, 0.3) is 5.91 Å². The Balaban J connectivity index is 2.01. The molecule has 1 saturated carbocycles. The largest absolute Gasteiger partial charge is 0.385 e. The van der Waals surface area contributed by atoms with Crippen molar-refractivity contribution < 1.29 is 4.79 Å². The monoisotopic (exact) mass is 280 g/mol. The first-order valence-electron chi connectivity index (χ1n) is 6.93. The Labute approximate surface area is 119 Å². The maximum Gasteiger partial charge on any atom is 0.253 e. The Bertz CT molecular complexity index is 457. The number of hydrogen-bond acceptors (Lipinski definition) is 2. The van der Waals surface area contributed by atoms with Crippen LogP contribution in [0.1, 0.15) is 37.0 Å². The second-order valence-electron chi connectivity index (χ2n) is 5.24. The van der Waals surface area contributed by atoms with Gasteiger partial charge in [-0.2, -0.15) is 0 Å². The van der Waals surface area contributed by atoms with E-state index in [9.17, 15) is 4.79 Å². The number of anilines is 1. The highest BCUT2D eigenvalue weighted by Crippen LogP contribution is 2.36. The first-order chi connectivity index (χ1) is 9.11. The van der Waals surface area contributed by atoms with Gasteiger partial charge in [-0.05, 0) is 49.8 Å². The number of amides is 1. The molecule has 1 atom stereocenters. The zero-order chi connectivity index (χ0) is 13.8. The van der Waals surface area contributed by atoms with Crippen LogP contribution in [0.25, 0.3) is 0 Å². The molecule has 19 heavy (non-hydrogen) atoms. The number of rotatable bonds is 6. The zero-order valence-corrected chi connectivity index (χ0v) is 12.3. The molecule has 2 N–H and O–H groups in total. The molecule has 0 bridgehead atoms. The fourth-order valence-electron chi connectivity index (χ4n) is 2.23. The van der Waals surface area contributed by atoms with Crippen molar-refractivity contribution in [2.24, 2.45) is 11.8 Å². The van der Waals surface area contributed by atoms with E-state index < -0.39 is 0 Å². The number of carbonyl (C=O) groups excluding carboxylic acids is 1. The van der Waals surface area contributed by atoms with Crippen molar-refractivity contribution in [3.63, 3.8) is 0 Å². The first kappa shape index (κ1) is 14.2. The van der Waals surface area contributed by atoms with Crippen LogP contribution in [0.5, 0.6) is 0 Å². The Kier molecular flexibility index (Phi) is 4.70. The lowest BCUT2D eigenvalue weighted by Gasteiger charge is -2.14. The normalized spacial score (nSPS) is 15.9. The highest BCUT2D eigenvalue weighted by Gasteiger charge is 2.28. The molecule has 0 heterocycles. The lowest BCUT2D eigenvalue weighted by atomic mass is 10.1. The molecule has 0 spiro atoms. The van der Waals surface area contributed by atoms with Crippen LogP contribution in [0.3, 0.4) is 0 Å². The van der Waals surface area contributed by atoms with E-state index in [1.165, 1.54) is 12.8 Å². The molecule has 1 aromatic rings. The van der Waals surface area contributed by atoms with E-state index in [2.05, 4.69) is 17.6 Å². The topological polar surface area (TPSA) is 41.1 Å². The van der Waals surface area contributed by atoms with Crippen molar-refractivity contribution in [2.75, 3.05) is 18.4 Å². The molecule has 1 fully saturated rings. The van der Waals surface area contributed by atoms with Gasteiger partial charge in [-0.3, -0.25) is 4.79 Å². The van der Waals surface area contributed by atoms with Crippen molar-refractivity contribution in [1.29, 1.82) is 0 Å². The van der Waals surface area contributed by atoms with Gasteiger partial charge in [0.05, 0.1) is 5.56 Å². The Morgan fingerprint density at radius 2 is 2.21 bits per heavy atom. The van der Waals surface area contributed by atoms with Crippen LogP contribution in [0.4, 0.5) is 5.69 Å². The van der Waals surface area contributed by atoms with Crippen LogP contribution in [0.15, 0.2) is 18.2 Å². The van der Waals surface area contributed by atoms with Crippen molar-refractivity contribution in [3.05, 3.63) is 28.8 Å². The van der Waals surface area contributed by atoms with Crippen molar-refractivity contribution >= 4 is 23.2 Å². The summed E-state index contributed by atoms with van der Waals surface area (Å²) in [6, 6.07) is 5.37. The maximum absolute atomic E-state index is 12.2. The van der Waals surface area contributed by atoms with Crippen molar-refractivity contribution in [2.45, 2.75) is 26.7 Å². The predicted octanol–water partition coefficient (Wildman–Crippen LogP) is 3.55. The number of nitrogens with one attached hydrogen (secondary N) is 2. The molecule has 2 rings (SSSR count). The fraction of sp³-hybridized carbons (Fsp3) is 0.533. The number of carbonyl (C=O) groups is 1. The van der Waals surface area contributed by atoms with E-state index in [0.29, 0.717) is 16.5 Å². The molecule has 3 nitrogen and oxygen atoms in total. The van der Waals surface area contributed by atoms with Crippen LogP contribution in [0.2, 0.25) is 5.02 Å². The number of halogens is 1. The Morgan fingerprint density at radius 1 is 1.47 bits per heavy atom. The van der Waals surface area contributed by atoms with Crippen LogP contribution in [-0.2, 0) is 0 Å². The summed E-state index contributed by atoms with van der Waals surface area (Å²) in [5, 5.41) is 6.78. The van der Waals surface area contributed by atoms with Gasteiger partial charge >= 0.3 is 0 Å². The van der Waals surface area contributed by atoms with Gasteiger partial charge in [-0.1, -0.05) is 18.5 Å². The van der Waals surface area contributed by atoms with E-state index in [4.69, 9.17) is 11.6 Å². The van der Waals surface area contributed by atoms with E-state index >= 15 is 0 Å². The van der Waals surface area contributed by atoms with Gasteiger partial charge in [0.2, 0.25) is 0 Å². The lowest BCUT2D eigenvalue weighted by molar-refractivity contribution is 0.0947. The van der Waals surface area contributed by atoms with Gasteiger partial charge in [0.1, 0.15) is 0 Å². The summed E-state index contributed by atoms with van der Waals surface area (Å²) in [5.74, 6) is 1.31. The second kappa shape index (κ2) is 6.29. The summed E-state index contributed by atoms with van der Waals surface area (Å²) in [6.45, 7) is 5.72. The summed E-state index contributed by atoms with van der Waals surface area (Å²) in [7, 11) is 0. The molecule has 1 unspecified atom stereocenters.